The summed E-state index contributed by atoms with van der Waals surface area (Å²) in [5, 5.41) is 0. The summed E-state index contributed by atoms with van der Waals surface area (Å²) in [6.45, 7) is 0.183. The molecule has 2 nitrogen and oxygen atoms in total. The Labute approximate surface area is 265 Å². The molecule has 0 aromatic heterocycles. The minimum atomic E-state index is 0.183. The van der Waals surface area contributed by atoms with Crippen LogP contribution >= 0.6 is 0 Å². The first-order chi connectivity index (χ1) is 22.4. The van der Waals surface area contributed by atoms with Crippen LogP contribution < -0.4 is 20.7 Å². The van der Waals surface area contributed by atoms with Gasteiger partial charge in [0.15, 0.2) is 0 Å². The number of rotatable bonds is 4. The maximum absolute atomic E-state index is 2.63. The number of para-hydroxylation sites is 3. The van der Waals surface area contributed by atoms with Crippen molar-refractivity contribution >= 4 is 46.1 Å². The van der Waals surface area contributed by atoms with Crippen LogP contribution in [0.15, 0.2) is 175 Å². The minimum Gasteiger partial charge on any atom is -0.335 e. The molecule has 0 fully saturated rings. The molecule has 9 rings (SSSR count). The van der Waals surface area contributed by atoms with Gasteiger partial charge in [0.2, 0.25) is 6.71 Å². The Kier molecular flexibility index (Phi) is 6.09. The molecular formula is C42H31BN2. The first-order valence-electron chi connectivity index (χ1n) is 15.9. The summed E-state index contributed by atoms with van der Waals surface area (Å²) in [6, 6.07) is 55.5. The molecule has 6 aromatic rings. The molecule has 3 heteroatoms. The van der Waals surface area contributed by atoms with E-state index in [-0.39, 0.29) is 12.8 Å². The highest BCUT2D eigenvalue weighted by atomic mass is 15.2. The first-order valence-corrected chi connectivity index (χ1v) is 15.9. The highest BCUT2D eigenvalue weighted by Crippen LogP contribution is 2.48. The van der Waals surface area contributed by atoms with Crippen LogP contribution in [0.2, 0.25) is 0 Å². The molecule has 0 spiro atoms. The molecule has 0 saturated heterocycles. The normalized spacial score (nSPS) is 16.0. The summed E-state index contributed by atoms with van der Waals surface area (Å²) >= 11 is 0. The minimum absolute atomic E-state index is 0.183. The molecule has 0 N–H and O–H groups in total. The van der Waals surface area contributed by atoms with Gasteiger partial charge in [0.05, 0.1) is 11.7 Å². The first kappa shape index (κ1) is 25.9. The average molecular weight is 575 g/mol. The molecule has 1 unspecified atom stereocenters. The zero-order valence-electron chi connectivity index (χ0n) is 24.9. The van der Waals surface area contributed by atoms with Gasteiger partial charge in [-0.25, -0.2) is 0 Å². The summed E-state index contributed by atoms with van der Waals surface area (Å²) in [4.78, 5) is 5.13. The van der Waals surface area contributed by atoms with Gasteiger partial charge < -0.3 is 9.80 Å². The van der Waals surface area contributed by atoms with Gasteiger partial charge in [-0.2, -0.15) is 0 Å². The third kappa shape index (κ3) is 4.04. The van der Waals surface area contributed by atoms with Crippen molar-refractivity contribution in [2.24, 2.45) is 0 Å². The molecule has 6 aromatic carbocycles. The van der Waals surface area contributed by atoms with Crippen molar-refractivity contribution in [2.75, 3.05) is 9.80 Å². The predicted molar refractivity (Wildman–Crippen MR) is 191 cm³/mol. The van der Waals surface area contributed by atoms with Crippen LogP contribution in [0.3, 0.4) is 0 Å². The van der Waals surface area contributed by atoms with E-state index in [9.17, 15) is 0 Å². The number of fused-ring (bicyclic) bond motifs is 4. The molecule has 2 heterocycles. The van der Waals surface area contributed by atoms with Crippen molar-refractivity contribution in [1.29, 1.82) is 0 Å². The summed E-state index contributed by atoms with van der Waals surface area (Å²) in [5.41, 5.74) is 15.4. The van der Waals surface area contributed by atoms with Crippen molar-refractivity contribution in [3.05, 3.63) is 175 Å². The molecular weight excluding hydrogens is 543 g/mol. The van der Waals surface area contributed by atoms with Crippen LogP contribution in [0.5, 0.6) is 0 Å². The Morgan fingerprint density at radius 1 is 0.489 bits per heavy atom. The fourth-order valence-electron chi connectivity index (χ4n) is 7.79. The number of anilines is 5. The number of hydrogen-bond acceptors (Lipinski definition) is 2. The maximum atomic E-state index is 2.63. The molecule has 0 radical (unpaired) electrons. The Hall–Kier alpha value is -5.54. The second kappa shape index (κ2) is 10.6. The second-order valence-corrected chi connectivity index (χ2v) is 12.0. The Bertz CT molecular complexity index is 2110. The van der Waals surface area contributed by atoms with Gasteiger partial charge in [-0.3, -0.25) is 0 Å². The third-order valence-corrected chi connectivity index (χ3v) is 9.63. The topological polar surface area (TPSA) is 6.48 Å². The summed E-state index contributed by atoms with van der Waals surface area (Å²) in [6.07, 6.45) is 7.96. The molecule has 45 heavy (non-hydrogen) atoms. The van der Waals surface area contributed by atoms with Crippen molar-refractivity contribution in [2.45, 2.75) is 12.5 Å². The quantitative estimate of drug-likeness (QED) is 0.194. The Morgan fingerprint density at radius 2 is 1.04 bits per heavy atom. The molecule has 212 valence electrons. The molecule has 0 saturated carbocycles. The number of hydrogen-bond donors (Lipinski definition) is 0. The highest BCUT2D eigenvalue weighted by molar-refractivity contribution is 6.95. The predicted octanol–water partition coefficient (Wildman–Crippen LogP) is 9.36. The van der Waals surface area contributed by atoms with E-state index < -0.39 is 0 Å². The van der Waals surface area contributed by atoms with E-state index in [1.54, 1.807) is 0 Å². The number of benzene rings is 6. The van der Waals surface area contributed by atoms with Crippen LogP contribution in [0, 0.1) is 0 Å². The molecule has 3 aliphatic rings. The van der Waals surface area contributed by atoms with Crippen LogP contribution in [0.25, 0.3) is 22.3 Å². The summed E-state index contributed by atoms with van der Waals surface area (Å²) in [7, 11) is 0. The van der Waals surface area contributed by atoms with E-state index in [0.717, 1.165) is 6.42 Å². The van der Waals surface area contributed by atoms with Gasteiger partial charge in [0, 0.05) is 33.9 Å². The van der Waals surface area contributed by atoms with Crippen LogP contribution in [-0.2, 0) is 0 Å². The van der Waals surface area contributed by atoms with E-state index in [4.69, 9.17) is 0 Å². The Morgan fingerprint density at radius 3 is 1.78 bits per heavy atom. The lowest BCUT2D eigenvalue weighted by atomic mass is 9.31. The zero-order valence-corrected chi connectivity index (χ0v) is 24.9. The lowest BCUT2D eigenvalue weighted by Gasteiger charge is -2.49. The lowest BCUT2D eigenvalue weighted by molar-refractivity contribution is 0.765. The van der Waals surface area contributed by atoms with E-state index in [1.165, 1.54) is 67.1 Å². The van der Waals surface area contributed by atoms with Crippen molar-refractivity contribution in [1.82, 2.24) is 0 Å². The second-order valence-electron chi connectivity index (χ2n) is 12.0. The lowest BCUT2D eigenvalue weighted by Crippen LogP contribution is -2.60. The van der Waals surface area contributed by atoms with Crippen molar-refractivity contribution in [3.8, 4) is 22.3 Å². The van der Waals surface area contributed by atoms with Crippen molar-refractivity contribution < 1.29 is 0 Å². The maximum Gasteiger partial charge on any atom is 0.247 e. The monoisotopic (exact) mass is 574 g/mol. The Balaban J connectivity index is 1.33. The van der Waals surface area contributed by atoms with Gasteiger partial charge in [0.25, 0.3) is 0 Å². The summed E-state index contributed by atoms with van der Waals surface area (Å²) < 4.78 is 0. The van der Waals surface area contributed by atoms with Gasteiger partial charge in [-0.15, -0.1) is 0 Å². The van der Waals surface area contributed by atoms with Gasteiger partial charge >= 0.3 is 0 Å². The van der Waals surface area contributed by atoms with E-state index in [0.29, 0.717) is 0 Å². The molecule has 0 bridgehead atoms. The largest absolute Gasteiger partial charge is 0.335 e. The highest BCUT2D eigenvalue weighted by Gasteiger charge is 2.46. The van der Waals surface area contributed by atoms with E-state index >= 15 is 0 Å². The molecule has 2 aliphatic heterocycles. The smallest absolute Gasteiger partial charge is 0.247 e. The standard InChI is InChI=1S/C42H31BN2/c1-3-16-30(17-4-1)32-20-7-11-24-36(32)44-38-26-13-9-22-34(38)43-35-23-10-14-27-39(35)45(41-29-15-28-40(44)42(41)43)37-25-12-8-21-33(37)31-18-5-2-6-19-31/h1-26,28-29,39H,27H2. The van der Waals surface area contributed by atoms with E-state index in [1.807, 2.05) is 0 Å². The fourth-order valence-corrected chi connectivity index (χ4v) is 7.79. The van der Waals surface area contributed by atoms with Crippen LogP contribution in [0.4, 0.5) is 28.4 Å². The SMILES string of the molecule is C1=CCC2C(=C1)B1c3ccccc3N(c3ccccc3-c3ccccc3)c3cccc(c31)N2c1ccccc1-c1ccccc1. The molecule has 1 atom stereocenters. The van der Waals surface area contributed by atoms with Crippen LogP contribution in [-0.4, -0.2) is 12.8 Å². The number of allylic oxidation sites excluding steroid dienone is 2. The third-order valence-electron chi connectivity index (χ3n) is 9.63. The fraction of sp³-hybridized carbons (Fsp3) is 0.0476. The van der Waals surface area contributed by atoms with Gasteiger partial charge in [-0.05, 0) is 58.8 Å². The molecule has 1 aliphatic carbocycles. The zero-order chi connectivity index (χ0) is 29.7. The van der Waals surface area contributed by atoms with Gasteiger partial charge in [0.1, 0.15) is 0 Å². The van der Waals surface area contributed by atoms with E-state index in [2.05, 4.69) is 180 Å². The van der Waals surface area contributed by atoms with Crippen LogP contribution in [0.1, 0.15) is 6.42 Å². The van der Waals surface area contributed by atoms with Crippen molar-refractivity contribution in [3.63, 3.8) is 0 Å². The summed E-state index contributed by atoms with van der Waals surface area (Å²) in [5.74, 6) is 0. The average Bonchev–Trinajstić information content (AvgIpc) is 3.12. The number of nitrogens with zero attached hydrogens (tertiary/aromatic N) is 2. The molecule has 0 amide bonds. The van der Waals surface area contributed by atoms with Gasteiger partial charge in [-0.1, -0.05) is 145 Å².